The van der Waals surface area contributed by atoms with E-state index in [-0.39, 0.29) is 30.7 Å². The minimum absolute atomic E-state index is 0.0281. The first-order chi connectivity index (χ1) is 6.28. The highest BCUT2D eigenvalue weighted by molar-refractivity contribution is 7.90. The van der Waals surface area contributed by atoms with Gasteiger partial charge in [0.1, 0.15) is 9.84 Å². The number of likely N-dealkylation sites (N-methyl/N-ethyl adjacent to an activating group) is 1. The lowest BCUT2D eigenvalue weighted by atomic mass is 10.3. The van der Waals surface area contributed by atoms with Crippen molar-refractivity contribution in [1.29, 1.82) is 0 Å². The SMILES string of the molecule is CC(CO)N(C)C(=O)CCS(C)(=O)=O. The van der Waals surface area contributed by atoms with Gasteiger partial charge in [0.05, 0.1) is 18.4 Å². The number of aliphatic hydroxyl groups excluding tert-OH is 1. The lowest BCUT2D eigenvalue weighted by Gasteiger charge is -2.22. The van der Waals surface area contributed by atoms with Crippen LogP contribution in [0.4, 0.5) is 0 Å². The summed E-state index contributed by atoms with van der Waals surface area (Å²) >= 11 is 0. The van der Waals surface area contributed by atoms with Gasteiger partial charge in [0, 0.05) is 19.7 Å². The molecule has 0 fully saturated rings. The van der Waals surface area contributed by atoms with Crippen molar-refractivity contribution >= 4 is 15.7 Å². The quantitative estimate of drug-likeness (QED) is 0.666. The van der Waals surface area contributed by atoms with Crippen LogP contribution in [0.15, 0.2) is 0 Å². The third kappa shape index (κ3) is 5.18. The summed E-state index contributed by atoms with van der Waals surface area (Å²) in [6.45, 7) is 1.57. The second kappa shape index (κ2) is 5.31. The van der Waals surface area contributed by atoms with Crippen molar-refractivity contribution < 1.29 is 18.3 Å². The molecular formula is C8H17NO4S. The average molecular weight is 223 g/mol. The largest absolute Gasteiger partial charge is 0.394 e. The van der Waals surface area contributed by atoms with Crippen LogP contribution in [0.1, 0.15) is 13.3 Å². The van der Waals surface area contributed by atoms with Gasteiger partial charge in [0.2, 0.25) is 5.91 Å². The van der Waals surface area contributed by atoms with Gasteiger partial charge in [-0.1, -0.05) is 0 Å². The maximum Gasteiger partial charge on any atom is 0.223 e. The number of aliphatic hydroxyl groups is 1. The second-order valence-corrected chi connectivity index (χ2v) is 5.68. The maximum absolute atomic E-state index is 11.3. The van der Waals surface area contributed by atoms with E-state index in [9.17, 15) is 13.2 Å². The Morgan fingerprint density at radius 2 is 2.00 bits per heavy atom. The average Bonchev–Trinajstić information content (AvgIpc) is 2.10. The monoisotopic (exact) mass is 223 g/mol. The zero-order valence-corrected chi connectivity index (χ0v) is 9.54. The van der Waals surface area contributed by atoms with Crippen molar-refractivity contribution in [3.63, 3.8) is 0 Å². The molecule has 0 spiro atoms. The van der Waals surface area contributed by atoms with Crippen molar-refractivity contribution in [2.24, 2.45) is 0 Å². The molecule has 0 bridgehead atoms. The molecule has 5 nitrogen and oxygen atoms in total. The number of nitrogens with zero attached hydrogens (tertiary/aromatic N) is 1. The topological polar surface area (TPSA) is 74.7 Å². The standard InChI is InChI=1S/C8H17NO4S/c1-7(6-10)9(2)8(11)4-5-14(3,12)13/h7,10H,4-6H2,1-3H3. The van der Waals surface area contributed by atoms with Crippen LogP contribution in [0.25, 0.3) is 0 Å². The van der Waals surface area contributed by atoms with E-state index in [1.165, 1.54) is 4.90 Å². The molecule has 0 aliphatic rings. The fraction of sp³-hybridized carbons (Fsp3) is 0.875. The highest BCUT2D eigenvalue weighted by Crippen LogP contribution is 1.99. The number of sulfone groups is 1. The highest BCUT2D eigenvalue weighted by atomic mass is 32.2. The third-order valence-corrected chi connectivity index (χ3v) is 2.95. The number of carbonyl (C=O) groups excluding carboxylic acids is 1. The smallest absolute Gasteiger partial charge is 0.223 e. The normalized spacial score (nSPS) is 13.7. The molecule has 1 N–H and O–H groups in total. The summed E-state index contributed by atoms with van der Waals surface area (Å²) in [5, 5.41) is 8.77. The van der Waals surface area contributed by atoms with E-state index in [1.54, 1.807) is 14.0 Å². The molecule has 1 unspecified atom stereocenters. The molecule has 0 aromatic rings. The Morgan fingerprint density at radius 1 is 1.50 bits per heavy atom. The molecular weight excluding hydrogens is 206 g/mol. The first-order valence-corrected chi connectivity index (χ1v) is 6.38. The summed E-state index contributed by atoms with van der Waals surface area (Å²) in [6.07, 6.45) is 1.06. The van der Waals surface area contributed by atoms with Crippen LogP contribution in [-0.4, -0.2) is 56.0 Å². The molecule has 0 aliphatic heterocycles. The second-order valence-electron chi connectivity index (χ2n) is 3.42. The van der Waals surface area contributed by atoms with Crippen molar-refractivity contribution in [2.75, 3.05) is 25.7 Å². The van der Waals surface area contributed by atoms with Crippen LogP contribution in [0.5, 0.6) is 0 Å². The number of hydrogen-bond donors (Lipinski definition) is 1. The van der Waals surface area contributed by atoms with Gasteiger partial charge in [-0.3, -0.25) is 4.79 Å². The molecule has 14 heavy (non-hydrogen) atoms. The van der Waals surface area contributed by atoms with Gasteiger partial charge in [-0.15, -0.1) is 0 Å². The van der Waals surface area contributed by atoms with E-state index >= 15 is 0 Å². The Labute approximate surface area is 84.6 Å². The minimum atomic E-state index is -3.10. The number of hydrogen-bond acceptors (Lipinski definition) is 4. The summed E-state index contributed by atoms with van der Waals surface area (Å²) in [7, 11) is -1.55. The minimum Gasteiger partial charge on any atom is -0.394 e. The van der Waals surface area contributed by atoms with Gasteiger partial charge in [-0.25, -0.2) is 8.42 Å². The van der Waals surface area contributed by atoms with Gasteiger partial charge in [0.25, 0.3) is 0 Å². The van der Waals surface area contributed by atoms with Crippen LogP contribution in [0.3, 0.4) is 0 Å². The van der Waals surface area contributed by atoms with Crippen LogP contribution in [0, 0.1) is 0 Å². The van der Waals surface area contributed by atoms with Crippen LogP contribution >= 0.6 is 0 Å². The van der Waals surface area contributed by atoms with Gasteiger partial charge in [-0.2, -0.15) is 0 Å². The Hall–Kier alpha value is -0.620. The lowest BCUT2D eigenvalue weighted by molar-refractivity contribution is -0.131. The molecule has 1 atom stereocenters. The van der Waals surface area contributed by atoms with E-state index < -0.39 is 9.84 Å². The van der Waals surface area contributed by atoms with Crippen LogP contribution in [0.2, 0.25) is 0 Å². The highest BCUT2D eigenvalue weighted by Gasteiger charge is 2.16. The van der Waals surface area contributed by atoms with E-state index in [4.69, 9.17) is 5.11 Å². The van der Waals surface area contributed by atoms with Gasteiger partial charge >= 0.3 is 0 Å². The molecule has 0 rings (SSSR count). The van der Waals surface area contributed by atoms with Crippen molar-refractivity contribution in [2.45, 2.75) is 19.4 Å². The van der Waals surface area contributed by atoms with Gasteiger partial charge in [-0.05, 0) is 6.92 Å². The fourth-order valence-corrected chi connectivity index (χ4v) is 1.36. The van der Waals surface area contributed by atoms with Crippen molar-refractivity contribution in [3.05, 3.63) is 0 Å². The van der Waals surface area contributed by atoms with Crippen LogP contribution in [-0.2, 0) is 14.6 Å². The first-order valence-electron chi connectivity index (χ1n) is 4.32. The molecule has 0 saturated carbocycles. The molecule has 0 aromatic heterocycles. The Balaban J connectivity index is 4.10. The predicted octanol–water partition coefficient (Wildman–Crippen LogP) is -0.740. The van der Waals surface area contributed by atoms with Gasteiger partial charge < -0.3 is 10.0 Å². The zero-order valence-electron chi connectivity index (χ0n) is 8.73. The molecule has 1 amide bonds. The Morgan fingerprint density at radius 3 is 2.36 bits per heavy atom. The summed E-state index contributed by atoms with van der Waals surface area (Å²) in [5.41, 5.74) is 0. The molecule has 6 heteroatoms. The Bertz CT molecular complexity index is 286. The maximum atomic E-state index is 11.3. The summed E-state index contributed by atoms with van der Waals surface area (Å²) in [4.78, 5) is 12.7. The Kier molecular flexibility index (Phi) is 5.07. The fourth-order valence-electron chi connectivity index (χ4n) is 0.817. The lowest BCUT2D eigenvalue weighted by Crippen LogP contribution is -2.37. The number of carbonyl (C=O) groups is 1. The molecule has 0 aliphatic carbocycles. The van der Waals surface area contributed by atoms with E-state index in [2.05, 4.69) is 0 Å². The summed E-state index contributed by atoms with van der Waals surface area (Å²) in [6, 6.07) is -0.276. The molecule has 0 heterocycles. The first kappa shape index (κ1) is 13.4. The van der Waals surface area contributed by atoms with E-state index in [1.807, 2.05) is 0 Å². The zero-order chi connectivity index (χ0) is 11.4. The summed E-state index contributed by atoms with van der Waals surface area (Å²) in [5.74, 6) is -0.411. The molecule has 0 saturated heterocycles. The number of amides is 1. The number of rotatable bonds is 5. The van der Waals surface area contributed by atoms with Gasteiger partial charge in [0.15, 0.2) is 0 Å². The van der Waals surface area contributed by atoms with E-state index in [0.717, 1.165) is 6.26 Å². The molecule has 0 aromatic carbocycles. The van der Waals surface area contributed by atoms with E-state index in [0.29, 0.717) is 0 Å². The predicted molar refractivity (Wildman–Crippen MR) is 53.6 cm³/mol. The van der Waals surface area contributed by atoms with Crippen LogP contribution < -0.4 is 0 Å². The van der Waals surface area contributed by atoms with Crippen molar-refractivity contribution in [1.82, 2.24) is 4.90 Å². The molecule has 84 valence electrons. The molecule has 0 radical (unpaired) electrons. The third-order valence-electron chi connectivity index (χ3n) is 2.01. The van der Waals surface area contributed by atoms with Crippen molar-refractivity contribution in [3.8, 4) is 0 Å². The summed E-state index contributed by atoms with van der Waals surface area (Å²) < 4.78 is 21.6.